The standard InChI is InChI=1S/C12H14BrNO/c1-12(13)7-8-14(11(12)15)9-10-5-3-2-4-6-10/h2-6H,7-9H2,1H3. The molecule has 0 bridgehead atoms. The average Bonchev–Trinajstić information content (AvgIpc) is 2.47. The summed E-state index contributed by atoms with van der Waals surface area (Å²) in [7, 11) is 0. The number of hydrogen-bond donors (Lipinski definition) is 0. The van der Waals surface area contributed by atoms with E-state index < -0.39 is 0 Å². The van der Waals surface area contributed by atoms with Crippen molar-refractivity contribution < 1.29 is 4.79 Å². The number of carbonyl (C=O) groups excluding carboxylic acids is 1. The van der Waals surface area contributed by atoms with E-state index in [0.717, 1.165) is 19.5 Å². The van der Waals surface area contributed by atoms with E-state index in [4.69, 9.17) is 0 Å². The molecule has 1 atom stereocenters. The molecule has 3 heteroatoms. The van der Waals surface area contributed by atoms with Gasteiger partial charge in [-0.3, -0.25) is 4.79 Å². The van der Waals surface area contributed by atoms with Gasteiger partial charge in [-0.15, -0.1) is 0 Å². The number of carbonyl (C=O) groups is 1. The van der Waals surface area contributed by atoms with Crippen LogP contribution in [0, 0.1) is 0 Å². The lowest BCUT2D eigenvalue weighted by atomic mass is 10.1. The highest BCUT2D eigenvalue weighted by atomic mass is 79.9. The van der Waals surface area contributed by atoms with E-state index in [2.05, 4.69) is 28.1 Å². The molecule has 1 aliphatic heterocycles. The minimum Gasteiger partial charge on any atom is -0.337 e. The molecule has 15 heavy (non-hydrogen) atoms. The van der Waals surface area contributed by atoms with Crippen molar-refractivity contribution in [3.05, 3.63) is 35.9 Å². The van der Waals surface area contributed by atoms with Gasteiger partial charge < -0.3 is 4.90 Å². The van der Waals surface area contributed by atoms with Crippen LogP contribution in [0.2, 0.25) is 0 Å². The summed E-state index contributed by atoms with van der Waals surface area (Å²) in [6, 6.07) is 10.1. The molecule has 1 amide bonds. The second-order valence-electron chi connectivity index (χ2n) is 4.16. The Bertz CT molecular complexity index is 361. The van der Waals surface area contributed by atoms with Gasteiger partial charge in [-0.1, -0.05) is 46.3 Å². The third-order valence-electron chi connectivity index (χ3n) is 2.80. The van der Waals surface area contributed by atoms with Crippen LogP contribution in [0.4, 0.5) is 0 Å². The smallest absolute Gasteiger partial charge is 0.239 e. The molecule has 1 unspecified atom stereocenters. The number of halogens is 1. The highest BCUT2D eigenvalue weighted by molar-refractivity contribution is 9.10. The van der Waals surface area contributed by atoms with Crippen molar-refractivity contribution in [1.29, 1.82) is 0 Å². The summed E-state index contributed by atoms with van der Waals surface area (Å²) in [5.74, 6) is 0.200. The van der Waals surface area contributed by atoms with Gasteiger partial charge in [-0.05, 0) is 18.9 Å². The van der Waals surface area contributed by atoms with Gasteiger partial charge in [-0.25, -0.2) is 0 Å². The number of nitrogens with zero attached hydrogens (tertiary/aromatic N) is 1. The van der Waals surface area contributed by atoms with Gasteiger partial charge in [0.1, 0.15) is 4.32 Å². The molecule has 0 aromatic heterocycles. The van der Waals surface area contributed by atoms with Gasteiger partial charge in [0.25, 0.3) is 0 Å². The van der Waals surface area contributed by atoms with Crippen LogP contribution < -0.4 is 0 Å². The Morgan fingerprint density at radius 1 is 1.40 bits per heavy atom. The molecule has 1 aromatic rings. The molecule has 0 N–H and O–H groups in total. The Hall–Kier alpha value is -0.830. The van der Waals surface area contributed by atoms with Crippen molar-refractivity contribution in [2.45, 2.75) is 24.2 Å². The van der Waals surface area contributed by atoms with Crippen molar-refractivity contribution in [3.63, 3.8) is 0 Å². The molecule has 1 saturated heterocycles. The number of likely N-dealkylation sites (tertiary alicyclic amines) is 1. The normalized spacial score (nSPS) is 26.0. The van der Waals surface area contributed by atoms with E-state index in [1.165, 1.54) is 5.56 Å². The van der Waals surface area contributed by atoms with Gasteiger partial charge in [0.15, 0.2) is 0 Å². The molecule has 2 nitrogen and oxygen atoms in total. The van der Waals surface area contributed by atoms with Crippen LogP contribution in [0.1, 0.15) is 18.9 Å². The molecule has 0 spiro atoms. The van der Waals surface area contributed by atoms with E-state index in [9.17, 15) is 4.79 Å². The minimum absolute atomic E-state index is 0.200. The fourth-order valence-electron chi connectivity index (χ4n) is 1.84. The van der Waals surface area contributed by atoms with E-state index in [1.54, 1.807) is 0 Å². The second-order valence-corrected chi connectivity index (χ2v) is 5.91. The lowest BCUT2D eigenvalue weighted by Crippen LogP contribution is -2.32. The van der Waals surface area contributed by atoms with Crippen LogP contribution in [0.5, 0.6) is 0 Å². The minimum atomic E-state index is -0.345. The summed E-state index contributed by atoms with van der Waals surface area (Å²) in [5.41, 5.74) is 1.19. The van der Waals surface area contributed by atoms with Crippen molar-refractivity contribution in [1.82, 2.24) is 4.90 Å². The first-order valence-electron chi connectivity index (χ1n) is 5.12. The first-order valence-corrected chi connectivity index (χ1v) is 5.91. The van der Waals surface area contributed by atoms with Crippen LogP contribution in [-0.2, 0) is 11.3 Å². The fraction of sp³-hybridized carbons (Fsp3) is 0.417. The molecule has 2 rings (SSSR count). The summed E-state index contributed by atoms with van der Waals surface area (Å²) in [4.78, 5) is 13.8. The van der Waals surface area contributed by atoms with Crippen molar-refractivity contribution in [2.75, 3.05) is 6.54 Å². The summed E-state index contributed by atoms with van der Waals surface area (Å²) < 4.78 is -0.345. The largest absolute Gasteiger partial charge is 0.337 e. The zero-order chi connectivity index (χ0) is 10.9. The maximum Gasteiger partial charge on any atom is 0.239 e. The second kappa shape index (κ2) is 3.97. The Morgan fingerprint density at radius 3 is 2.60 bits per heavy atom. The van der Waals surface area contributed by atoms with Crippen molar-refractivity contribution in [2.24, 2.45) is 0 Å². The van der Waals surface area contributed by atoms with Crippen molar-refractivity contribution in [3.8, 4) is 0 Å². The quantitative estimate of drug-likeness (QED) is 0.755. The fourth-order valence-corrected chi connectivity index (χ4v) is 2.27. The SMILES string of the molecule is CC1(Br)CCN(Cc2ccccc2)C1=O. The molecule has 1 aliphatic rings. The van der Waals surface area contributed by atoms with E-state index in [-0.39, 0.29) is 10.2 Å². The summed E-state index contributed by atoms with van der Waals surface area (Å²) >= 11 is 3.47. The lowest BCUT2D eigenvalue weighted by Gasteiger charge is -2.18. The zero-order valence-corrected chi connectivity index (χ0v) is 10.3. The number of rotatable bonds is 2. The molecular formula is C12H14BrNO. The maximum atomic E-state index is 11.9. The first kappa shape index (κ1) is 10.7. The van der Waals surface area contributed by atoms with Crippen LogP contribution in [0.3, 0.4) is 0 Å². The Morgan fingerprint density at radius 2 is 2.07 bits per heavy atom. The van der Waals surface area contributed by atoms with E-state index >= 15 is 0 Å². The van der Waals surface area contributed by atoms with Gasteiger partial charge >= 0.3 is 0 Å². The number of benzene rings is 1. The number of hydrogen-bond acceptors (Lipinski definition) is 1. The Balaban J connectivity index is 2.06. The predicted octanol–water partition coefficient (Wildman–Crippen LogP) is 2.57. The van der Waals surface area contributed by atoms with Gasteiger partial charge in [0.05, 0.1) is 0 Å². The van der Waals surface area contributed by atoms with Crippen LogP contribution in [0.25, 0.3) is 0 Å². The molecule has 1 heterocycles. The highest BCUT2D eigenvalue weighted by Crippen LogP contribution is 2.31. The third-order valence-corrected chi connectivity index (χ3v) is 3.54. The maximum absolute atomic E-state index is 11.9. The highest BCUT2D eigenvalue weighted by Gasteiger charge is 2.40. The van der Waals surface area contributed by atoms with Crippen LogP contribution in [-0.4, -0.2) is 21.7 Å². The van der Waals surface area contributed by atoms with Crippen LogP contribution in [0.15, 0.2) is 30.3 Å². The molecule has 80 valence electrons. The topological polar surface area (TPSA) is 20.3 Å². The Labute approximate surface area is 98.4 Å². The monoisotopic (exact) mass is 267 g/mol. The summed E-state index contributed by atoms with van der Waals surface area (Å²) in [6.45, 7) is 3.51. The van der Waals surface area contributed by atoms with Gasteiger partial charge in [0.2, 0.25) is 5.91 Å². The molecule has 1 fully saturated rings. The molecule has 0 radical (unpaired) electrons. The first-order chi connectivity index (χ1) is 7.09. The summed E-state index contributed by atoms with van der Waals surface area (Å²) in [6.07, 6.45) is 0.888. The Kier molecular flexibility index (Phi) is 2.83. The van der Waals surface area contributed by atoms with Crippen molar-refractivity contribution >= 4 is 21.8 Å². The average molecular weight is 268 g/mol. The van der Waals surface area contributed by atoms with E-state index in [0.29, 0.717) is 0 Å². The van der Waals surface area contributed by atoms with Gasteiger partial charge in [0, 0.05) is 13.1 Å². The van der Waals surface area contributed by atoms with E-state index in [1.807, 2.05) is 30.0 Å². The lowest BCUT2D eigenvalue weighted by molar-refractivity contribution is -0.129. The van der Waals surface area contributed by atoms with Crippen LogP contribution >= 0.6 is 15.9 Å². The molecule has 0 aliphatic carbocycles. The number of amides is 1. The third kappa shape index (κ3) is 2.23. The zero-order valence-electron chi connectivity index (χ0n) is 8.74. The molecule has 0 saturated carbocycles. The molecule has 1 aromatic carbocycles. The molecular weight excluding hydrogens is 254 g/mol. The van der Waals surface area contributed by atoms with Gasteiger partial charge in [-0.2, -0.15) is 0 Å². The number of alkyl halides is 1. The predicted molar refractivity (Wildman–Crippen MR) is 63.8 cm³/mol. The summed E-state index contributed by atoms with van der Waals surface area (Å²) in [5, 5.41) is 0.